The summed E-state index contributed by atoms with van der Waals surface area (Å²) < 4.78 is 18.9. The monoisotopic (exact) mass is 274 g/mol. The van der Waals surface area contributed by atoms with E-state index in [1.165, 1.54) is 12.1 Å². The summed E-state index contributed by atoms with van der Waals surface area (Å²) in [4.78, 5) is 4.22. The highest BCUT2D eigenvalue weighted by molar-refractivity contribution is 5.53. The molecular formula is C16H19FN2O. The minimum atomic E-state index is -0.235. The molecule has 0 aliphatic heterocycles. The number of halogens is 1. The number of benzene rings is 1. The topological polar surface area (TPSA) is 34.1 Å². The lowest BCUT2D eigenvalue weighted by atomic mass is 10.1. The lowest BCUT2D eigenvalue weighted by Gasteiger charge is -2.19. The molecule has 0 amide bonds. The largest absolute Gasteiger partial charge is 0.473 e. The van der Waals surface area contributed by atoms with Gasteiger partial charge in [0.1, 0.15) is 5.82 Å². The van der Waals surface area contributed by atoms with Crippen molar-refractivity contribution >= 4 is 5.69 Å². The normalized spacial score (nSPS) is 12.2. The molecule has 1 aromatic carbocycles. The average molecular weight is 274 g/mol. The van der Waals surface area contributed by atoms with Crippen molar-refractivity contribution in [3.8, 4) is 5.88 Å². The maximum absolute atomic E-state index is 13.3. The number of hydrogen-bond acceptors (Lipinski definition) is 3. The Kier molecular flexibility index (Phi) is 4.56. The molecule has 0 aliphatic carbocycles. The van der Waals surface area contributed by atoms with Crippen LogP contribution in [-0.2, 0) is 0 Å². The molecule has 0 saturated carbocycles. The molecule has 0 bridgehead atoms. The van der Waals surface area contributed by atoms with Crippen molar-refractivity contribution in [2.75, 3.05) is 5.32 Å². The van der Waals surface area contributed by atoms with Crippen molar-refractivity contribution in [2.24, 2.45) is 0 Å². The van der Waals surface area contributed by atoms with Gasteiger partial charge in [-0.15, -0.1) is 0 Å². The molecule has 1 N–H and O–H groups in total. The first kappa shape index (κ1) is 14.3. The molecule has 4 heteroatoms. The van der Waals surface area contributed by atoms with E-state index in [4.69, 9.17) is 4.74 Å². The van der Waals surface area contributed by atoms with Gasteiger partial charge in [0.05, 0.1) is 11.8 Å². The Bertz CT molecular complexity index is 572. The third-order valence-electron chi connectivity index (χ3n) is 2.84. The van der Waals surface area contributed by atoms with E-state index in [0.29, 0.717) is 5.88 Å². The molecule has 2 rings (SSSR count). The third kappa shape index (κ3) is 3.70. The van der Waals surface area contributed by atoms with E-state index in [9.17, 15) is 4.39 Å². The zero-order valence-electron chi connectivity index (χ0n) is 11.9. The predicted molar refractivity (Wildman–Crippen MR) is 78.4 cm³/mol. The number of aromatic nitrogens is 1. The van der Waals surface area contributed by atoms with Gasteiger partial charge in [0, 0.05) is 12.2 Å². The Morgan fingerprint density at radius 1 is 1.15 bits per heavy atom. The van der Waals surface area contributed by atoms with Crippen molar-refractivity contribution in [3.05, 3.63) is 54.0 Å². The van der Waals surface area contributed by atoms with E-state index in [-0.39, 0.29) is 18.0 Å². The molecule has 1 atom stereocenters. The van der Waals surface area contributed by atoms with Crippen molar-refractivity contribution < 1.29 is 9.13 Å². The summed E-state index contributed by atoms with van der Waals surface area (Å²) in [5.41, 5.74) is 1.68. The quantitative estimate of drug-likeness (QED) is 0.888. The molecule has 1 unspecified atom stereocenters. The van der Waals surface area contributed by atoms with E-state index in [0.717, 1.165) is 11.3 Å². The van der Waals surface area contributed by atoms with E-state index in [1.54, 1.807) is 12.3 Å². The second-order valence-electron chi connectivity index (χ2n) is 4.94. The fourth-order valence-electron chi connectivity index (χ4n) is 1.91. The van der Waals surface area contributed by atoms with Gasteiger partial charge in [-0.2, -0.15) is 0 Å². The molecule has 0 spiro atoms. The minimum absolute atomic E-state index is 0.0376. The van der Waals surface area contributed by atoms with Crippen LogP contribution < -0.4 is 10.1 Å². The standard InChI is InChI=1S/C16H19FN2O/c1-11(2)20-16-15(8-5-9-18-16)19-12(3)13-6-4-7-14(17)10-13/h4-12,19H,1-3H3. The average Bonchev–Trinajstić information content (AvgIpc) is 2.40. The first-order chi connectivity index (χ1) is 9.56. The molecule has 3 nitrogen and oxygen atoms in total. The first-order valence-corrected chi connectivity index (χ1v) is 6.70. The van der Waals surface area contributed by atoms with E-state index in [2.05, 4.69) is 10.3 Å². The molecular weight excluding hydrogens is 255 g/mol. The summed E-state index contributed by atoms with van der Waals surface area (Å²) in [7, 11) is 0. The van der Waals surface area contributed by atoms with Crippen LogP contribution >= 0.6 is 0 Å². The molecule has 20 heavy (non-hydrogen) atoms. The van der Waals surface area contributed by atoms with Crippen LogP contribution in [0.1, 0.15) is 32.4 Å². The molecule has 0 fully saturated rings. The van der Waals surface area contributed by atoms with E-state index < -0.39 is 0 Å². The lowest BCUT2D eigenvalue weighted by Crippen LogP contribution is -2.12. The highest BCUT2D eigenvalue weighted by Gasteiger charge is 2.11. The molecule has 2 aromatic rings. The highest BCUT2D eigenvalue weighted by Crippen LogP contribution is 2.26. The van der Waals surface area contributed by atoms with Crippen molar-refractivity contribution in [1.29, 1.82) is 0 Å². The maximum atomic E-state index is 13.3. The third-order valence-corrected chi connectivity index (χ3v) is 2.84. The van der Waals surface area contributed by atoms with Crippen LogP contribution in [-0.4, -0.2) is 11.1 Å². The summed E-state index contributed by atoms with van der Waals surface area (Å²) in [5, 5.41) is 3.31. The fraction of sp³-hybridized carbons (Fsp3) is 0.312. The zero-order valence-corrected chi connectivity index (χ0v) is 11.9. The molecule has 1 aromatic heterocycles. The van der Waals surface area contributed by atoms with Crippen molar-refractivity contribution in [3.63, 3.8) is 0 Å². The molecule has 0 saturated heterocycles. The Morgan fingerprint density at radius 3 is 2.65 bits per heavy atom. The summed E-state index contributed by atoms with van der Waals surface area (Å²) in [6.45, 7) is 5.88. The number of hydrogen-bond donors (Lipinski definition) is 1. The Morgan fingerprint density at radius 2 is 1.95 bits per heavy atom. The van der Waals surface area contributed by atoms with Gasteiger partial charge >= 0.3 is 0 Å². The second kappa shape index (κ2) is 6.37. The zero-order chi connectivity index (χ0) is 14.5. The molecule has 1 heterocycles. The summed E-state index contributed by atoms with van der Waals surface area (Å²) in [6.07, 6.45) is 1.74. The SMILES string of the molecule is CC(C)Oc1ncccc1NC(C)c1cccc(F)c1. The first-order valence-electron chi connectivity index (χ1n) is 6.70. The number of ether oxygens (including phenoxy) is 1. The number of nitrogens with zero attached hydrogens (tertiary/aromatic N) is 1. The van der Waals surface area contributed by atoms with Gasteiger partial charge in [0.2, 0.25) is 5.88 Å². The highest BCUT2D eigenvalue weighted by atomic mass is 19.1. The van der Waals surface area contributed by atoms with Gasteiger partial charge in [-0.1, -0.05) is 12.1 Å². The van der Waals surface area contributed by atoms with Gasteiger partial charge in [0.25, 0.3) is 0 Å². The summed E-state index contributed by atoms with van der Waals surface area (Å²) in [5.74, 6) is 0.326. The number of rotatable bonds is 5. The molecule has 106 valence electrons. The van der Waals surface area contributed by atoms with Gasteiger partial charge in [-0.25, -0.2) is 9.37 Å². The lowest BCUT2D eigenvalue weighted by molar-refractivity contribution is 0.234. The Labute approximate surface area is 118 Å². The van der Waals surface area contributed by atoms with Gasteiger partial charge in [-0.3, -0.25) is 0 Å². The van der Waals surface area contributed by atoms with E-state index in [1.807, 2.05) is 39.0 Å². The molecule has 0 radical (unpaired) electrons. The summed E-state index contributed by atoms with van der Waals surface area (Å²) in [6, 6.07) is 10.3. The van der Waals surface area contributed by atoms with Gasteiger partial charge < -0.3 is 10.1 Å². The van der Waals surface area contributed by atoms with Crippen LogP contribution in [0.5, 0.6) is 5.88 Å². The number of anilines is 1. The van der Waals surface area contributed by atoms with Crippen LogP contribution in [0.3, 0.4) is 0 Å². The summed E-state index contributed by atoms with van der Waals surface area (Å²) >= 11 is 0. The number of pyridine rings is 1. The van der Waals surface area contributed by atoms with Crippen molar-refractivity contribution in [1.82, 2.24) is 4.98 Å². The van der Waals surface area contributed by atoms with Crippen LogP contribution in [0.15, 0.2) is 42.6 Å². The van der Waals surface area contributed by atoms with Crippen LogP contribution in [0.25, 0.3) is 0 Å². The van der Waals surface area contributed by atoms with Gasteiger partial charge in [0.15, 0.2) is 0 Å². The Balaban J connectivity index is 2.17. The van der Waals surface area contributed by atoms with Gasteiger partial charge in [-0.05, 0) is 50.6 Å². The second-order valence-corrected chi connectivity index (χ2v) is 4.94. The van der Waals surface area contributed by atoms with E-state index >= 15 is 0 Å². The van der Waals surface area contributed by atoms with Crippen LogP contribution in [0, 0.1) is 5.82 Å². The minimum Gasteiger partial charge on any atom is -0.473 e. The van der Waals surface area contributed by atoms with Crippen molar-refractivity contribution in [2.45, 2.75) is 32.9 Å². The predicted octanol–water partition coefficient (Wildman–Crippen LogP) is 4.18. The smallest absolute Gasteiger partial charge is 0.237 e. The number of nitrogens with one attached hydrogen (secondary N) is 1. The van der Waals surface area contributed by atoms with Crippen LogP contribution in [0.4, 0.5) is 10.1 Å². The molecule has 0 aliphatic rings. The van der Waals surface area contributed by atoms with Crippen LogP contribution in [0.2, 0.25) is 0 Å². The fourth-order valence-corrected chi connectivity index (χ4v) is 1.91. The Hall–Kier alpha value is -2.10. The maximum Gasteiger partial charge on any atom is 0.237 e.